The molecule has 0 aliphatic heterocycles. The average molecular weight is 410 g/mol. The molecule has 2 aromatic carbocycles. The van der Waals surface area contributed by atoms with Crippen molar-refractivity contribution >= 4 is 35.0 Å². The lowest BCUT2D eigenvalue weighted by Crippen LogP contribution is -2.16. The van der Waals surface area contributed by atoms with E-state index >= 15 is 0 Å². The molecule has 0 aliphatic carbocycles. The van der Waals surface area contributed by atoms with Crippen LogP contribution in [0.3, 0.4) is 0 Å². The van der Waals surface area contributed by atoms with E-state index in [1.807, 2.05) is 40.0 Å². The fourth-order valence-electron chi connectivity index (χ4n) is 3.03. The van der Waals surface area contributed by atoms with Crippen LogP contribution < -0.4 is 10.6 Å². The lowest BCUT2D eigenvalue weighted by atomic mass is 10.0. The molecule has 1 heterocycles. The first-order valence-corrected chi connectivity index (χ1v) is 10.1. The number of nitrogens with zero attached hydrogens (tertiary/aromatic N) is 3. The average Bonchev–Trinajstić information content (AvgIpc) is 3.08. The number of benzene rings is 2. The van der Waals surface area contributed by atoms with Crippen LogP contribution in [0.2, 0.25) is 0 Å². The number of nitrogens with one attached hydrogen (secondary N) is 2. The van der Waals surface area contributed by atoms with Crippen LogP contribution in [0.15, 0.2) is 47.9 Å². The van der Waals surface area contributed by atoms with Gasteiger partial charge in [-0.05, 0) is 50.1 Å². The van der Waals surface area contributed by atoms with Gasteiger partial charge in [0.2, 0.25) is 5.91 Å². The molecule has 0 aliphatic rings. The summed E-state index contributed by atoms with van der Waals surface area (Å²) in [7, 11) is 1.82. The predicted molar refractivity (Wildman–Crippen MR) is 115 cm³/mol. The molecule has 150 valence electrons. The van der Waals surface area contributed by atoms with E-state index in [2.05, 4.69) is 20.8 Å². The summed E-state index contributed by atoms with van der Waals surface area (Å²) < 4.78 is 1.75. The third-order valence-electron chi connectivity index (χ3n) is 4.33. The Morgan fingerprint density at radius 1 is 1.07 bits per heavy atom. The van der Waals surface area contributed by atoms with Gasteiger partial charge in [0, 0.05) is 24.0 Å². The highest BCUT2D eigenvalue weighted by atomic mass is 32.2. The molecule has 1 aromatic heterocycles. The van der Waals surface area contributed by atoms with Gasteiger partial charge in [-0.3, -0.25) is 9.59 Å². The standard InChI is InChI=1S/C21H23N5O2S/c1-13-8-14(2)19(15(3)9-13)24-20(28)16-6-5-7-17(10-16)23-18(27)11-29-21-25-22-12-26(21)4/h5-10,12H,11H2,1-4H3,(H,23,27)(H,24,28). The maximum atomic E-state index is 12.7. The SMILES string of the molecule is Cc1cc(C)c(NC(=O)c2cccc(NC(=O)CSc3nncn3C)c2)c(C)c1. The Morgan fingerprint density at radius 3 is 2.45 bits per heavy atom. The van der Waals surface area contributed by atoms with Crippen molar-refractivity contribution in [3.63, 3.8) is 0 Å². The smallest absolute Gasteiger partial charge is 0.255 e. The van der Waals surface area contributed by atoms with Crippen LogP contribution in [0.5, 0.6) is 0 Å². The highest BCUT2D eigenvalue weighted by Gasteiger charge is 2.12. The second-order valence-corrected chi connectivity index (χ2v) is 7.81. The quantitative estimate of drug-likeness (QED) is 0.606. The molecule has 0 unspecified atom stereocenters. The molecule has 0 bridgehead atoms. The van der Waals surface area contributed by atoms with Crippen molar-refractivity contribution in [1.82, 2.24) is 14.8 Å². The summed E-state index contributed by atoms with van der Waals surface area (Å²) in [6.45, 7) is 5.97. The molecule has 0 fully saturated rings. The molecule has 0 spiro atoms. The summed E-state index contributed by atoms with van der Waals surface area (Å²) >= 11 is 1.30. The van der Waals surface area contributed by atoms with Crippen LogP contribution in [0.1, 0.15) is 27.0 Å². The highest BCUT2D eigenvalue weighted by molar-refractivity contribution is 7.99. The fraction of sp³-hybridized carbons (Fsp3) is 0.238. The van der Waals surface area contributed by atoms with Gasteiger partial charge in [-0.1, -0.05) is 35.5 Å². The lowest BCUT2D eigenvalue weighted by Gasteiger charge is -2.13. The first-order valence-electron chi connectivity index (χ1n) is 9.09. The van der Waals surface area contributed by atoms with Crippen LogP contribution in [-0.2, 0) is 11.8 Å². The number of anilines is 2. The summed E-state index contributed by atoms with van der Waals surface area (Å²) in [5.41, 5.74) is 5.04. The van der Waals surface area contributed by atoms with Gasteiger partial charge in [0.15, 0.2) is 5.16 Å². The second kappa shape index (κ2) is 8.91. The summed E-state index contributed by atoms with van der Waals surface area (Å²) in [6.07, 6.45) is 1.58. The molecule has 0 saturated heterocycles. The van der Waals surface area contributed by atoms with Gasteiger partial charge >= 0.3 is 0 Å². The van der Waals surface area contributed by atoms with Crippen LogP contribution >= 0.6 is 11.8 Å². The molecule has 3 rings (SSSR count). The first-order chi connectivity index (χ1) is 13.8. The van der Waals surface area contributed by atoms with Crippen LogP contribution in [-0.4, -0.2) is 32.3 Å². The minimum absolute atomic E-state index is 0.180. The van der Waals surface area contributed by atoms with Gasteiger partial charge in [-0.25, -0.2) is 0 Å². The zero-order valence-corrected chi connectivity index (χ0v) is 17.6. The van der Waals surface area contributed by atoms with Crippen molar-refractivity contribution in [2.45, 2.75) is 25.9 Å². The maximum Gasteiger partial charge on any atom is 0.255 e. The Kier molecular flexibility index (Phi) is 6.33. The molecule has 0 atom stereocenters. The number of aryl methyl sites for hydroxylation is 4. The lowest BCUT2D eigenvalue weighted by molar-refractivity contribution is -0.113. The number of amides is 2. The number of aromatic nitrogens is 3. The minimum atomic E-state index is -0.218. The van der Waals surface area contributed by atoms with E-state index < -0.39 is 0 Å². The van der Waals surface area contributed by atoms with Gasteiger partial charge in [0.1, 0.15) is 6.33 Å². The van der Waals surface area contributed by atoms with E-state index in [0.29, 0.717) is 16.4 Å². The fourth-order valence-corrected chi connectivity index (χ4v) is 3.72. The summed E-state index contributed by atoms with van der Waals surface area (Å²) in [5, 5.41) is 14.2. The van der Waals surface area contributed by atoms with Crippen LogP contribution in [0.25, 0.3) is 0 Å². The van der Waals surface area contributed by atoms with Gasteiger partial charge in [-0.15, -0.1) is 10.2 Å². The minimum Gasteiger partial charge on any atom is -0.325 e. The molecule has 2 amide bonds. The molecule has 0 saturated carbocycles. The van der Waals surface area contributed by atoms with Gasteiger partial charge in [-0.2, -0.15) is 0 Å². The first kappa shape index (κ1) is 20.6. The molecule has 7 nitrogen and oxygen atoms in total. The third kappa shape index (κ3) is 5.23. The Hall–Kier alpha value is -3.13. The topological polar surface area (TPSA) is 88.9 Å². The van der Waals surface area contributed by atoms with Crippen molar-refractivity contribution in [2.24, 2.45) is 7.05 Å². The van der Waals surface area contributed by atoms with Crippen molar-refractivity contribution in [3.8, 4) is 0 Å². The van der Waals surface area contributed by atoms with Crippen molar-refractivity contribution in [1.29, 1.82) is 0 Å². The molecule has 3 aromatic rings. The van der Waals surface area contributed by atoms with E-state index in [1.165, 1.54) is 11.8 Å². The van der Waals surface area contributed by atoms with Crippen LogP contribution in [0.4, 0.5) is 11.4 Å². The van der Waals surface area contributed by atoms with Gasteiger partial charge in [0.05, 0.1) is 5.75 Å². The predicted octanol–water partition coefficient (Wildman–Crippen LogP) is 3.72. The largest absolute Gasteiger partial charge is 0.325 e. The van der Waals surface area contributed by atoms with Gasteiger partial charge < -0.3 is 15.2 Å². The van der Waals surface area contributed by atoms with Crippen molar-refractivity contribution in [3.05, 3.63) is 65.0 Å². The number of hydrogen-bond acceptors (Lipinski definition) is 5. The van der Waals surface area contributed by atoms with E-state index in [-0.39, 0.29) is 17.6 Å². The van der Waals surface area contributed by atoms with Gasteiger partial charge in [0.25, 0.3) is 5.91 Å². The summed E-state index contributed by atoms with van der Waals surface area (Å²) in [4.78, 5) is 24.9. The van der Waals surface area contributed by atoms with Crippen molar-refractivity contribution in [2.75, 3.05) is 16.4 Å². The maximum absolute atomic E-state index is 12.7. The molecule has 8 heteroatoms. The molecule has 2 N–H and O–H groups in total. The Labute approximate surface area is 173 Å². The number of carbonyl (C=O) groups excluding carboxylic acids is 2. The van der Waals surface area contributed by atoms with Crippen LogP contribution in [0, 0.1) is 20.8 Å². The Balaban J connectivity index is 1.65. The van der Waals surface area contributed by atoms with E-state index in [4.69, 9.17) is 0 Å². The Morgan fingerprint density at radius 2 is 1.79 bits per heavy atom. The monoisotopic (exact) mass is 409 g/mol. The number of thioether (sulfide) groups is 1. The van der Waals surface area contributed by atoms with Crippen molar-refractivity contribution < 1.29 is 9.59 Å². The zero-order chi connectivity index (χ0) is 21.0. The van der Waals surface area contributed by atoms with E-state index in [1.54, 1.807) is 35.2 Å². The number of carbonyl (C=O) groups is 2. The second-order valence-electron chi connectivity index (χ2n) is 6.87. The summed E-state index contributed by atoms with van der Waals surface area (Å²) in [6, 6.07) is 11.0. The zero-order valence-electron chi connectivity index (χ0n) is 16.8. The highest BCUT2D eigenvalue weighted by Crippen LogP contribution is 2.23. The van der Waals surface area contributed by atoms with E-state index in [0.717, 1.165) is 22.4 Å². The number of hydrogen-bond donors (Lipinski definition) is 2. The Bertz CT molecular complexity index is 1040. The number of rotatable bonds is 6. The van der Waals surface area contributed by atoms with E-state index in [9.17, 15) is 9.59 Å². The normalized spacial score (nSPS) is 10.6. The molecule has 0 radical (unpaired) electrons. The molecular weight excluding hydrogens is 386 g/mol. The third-order valence-corrected chi connectivity index (χ3v) is 5.36. The summed E-state index contributed by atoms with van der Waals surface area (Å²) in [5.74, 6) is -0.199. The molecule has 29 heavy (non-hydrogen) atoms. The molecular formula is C21H23N5O2S.